The van der Waals surface area contributed by atoms with Gasteiger partial charge in [-0.05, 0) is 38.2 Å². The molecule has 0 fully saturated rings. The van der Waals surface area contributed by atoms with E-state index in [-0.39, 0.29) is 0 Å². The average Bonchev–Trinajstić information content (AvgIpc) is 2.27. The second-order valence-corrected chi connectivity index (χ2v) is 5.30. The zero-order valence-corrected chi connectivity index (χ0v) is 11.5. The zero-order chi connectivity index (χ0) is 14.5. The Morgan fingerprint density at radius 1 is 1.37 bits per heavy atom. The quantitative estimate of drug-likeness (QED) is 0.690. The van der Waals surface area contributed by atoms with Crippen LogP contribution in [-0.4, -0.2) is 35.4 Å². The van der Waals surface area contributed by atoms with Crippen molar-refractivity contribution in [1.82, 2.24) is 5.32 Å². The Kier molecular flexibility index (Phi) is 5.38. The summed E-state index contributed by atoms with van der Waals surface area (Å²) in [5.41, 5.74) is 0.849. The van der Waals surface area contributed by atoms with Gasteiger partial charge in [0.15, 0.2) is 0 Å². The van der Waals surface area contributed by atoms with Crippen molar-refractivity contribution in [3.63, 3.8) is 0 Å². The number of carbonyl (C=O) groups excluding carboxylic acids is 1. The molecule has 0 spiro atoms. The van der Waals surface area contributed by atoms with Crippen LogP contribution in [-0.2, 0) is 11.2 Å². The molecular formula is C13H20BNO4. The molecule has 0 aliphatic heterocycles. The molecule has 19 heavy (non-hydrogen) atoms. The van der Waals surface area contributed by atoms with Crippen LogP contribution < -0.4 is 10.8 Å². The molecule has 1 amide bonds. The van der Waals surface area contributed by atoms with Gasteiger partial charge in [-0.2, -0.15) is 0 Å². The van der Waals surface area contributed by atoms with E-state index in [1.807, 2.05) is 6.07 Å². The van der Waals surface area contributed by atoms with Crippen molar-refractivity contribution in [1.29, 1.82) is 0 Å². The van der Waals surface area contributed by atoms with Gasteiger partial charge in [0, 0.05) is 6.54 Å². The number of rotatable bonds is 4. The number of alkyl carbamates (subject to hydrolysis) is 1. The van der Waals surface area contributed by atoms with Crippen LogP contribution in [0.2, 0.25) is 0 Å². The second-order valence-electron chi connectivity index (χ2n) is 5.30. The van der Waals surface area contributed by atoms with Gasteiger partial charge in [-0.3, -0.25) is 0 Å². The van der Waals surface area contributed by atoms with Crippen LogP contribution in [0, 0.1) is 0 Å². The van der Waals surface area contributed by atoms with E-state index >= 15 is 0 Å². The topological polar surface area (TPSA) is 78.8 Å². The van der Waals surface area contributed by atoms with Crippen LogP contribution in [0.5, 0.6) is 0 Å². The van der Waals surface area contributed by atoms with Crippen LogP contribution in [0.15, 0.2) is 24.3 Å². The number of hydrogen-bond donors (Lipinski definition) is 3. The Labute approximate surface area is 113 Å². The molecule has 0 saturated heterocycles. The summed E-state index contributed by atoms with van der Waals surface area (Å²) < 4.78 is 5.11. The van der Waals surface area contributed by atoms with E-state index in [9.17, 15) is 4.79 Å². The monoisotopic (exact) mass is 265 g/mol. The lowest BCUT2D eigenvalue weighted by molar-refractivity contribution is 0.0528. The number of ether oxygens (including phenoxy) is 1. The van der Waals surface area contributed by atoms with E-state index in [0.29, 0.717) is 18.4 Å². The highest BCUT2D eigenvalue weighted by atomic mass is 16.6. The zero-order valence-electron chi connectivity index (χ0n) is 11.5. The molecule has 0 aromatic heterocycles. The van der Waals surface area contributed by atoms with Crippen molar-refractivity contribution < 1.29 is 19.6 Å². The van der Waals surface area contributed by atoms with Gasteiger partial charge in [0.1, 0.15) is 5.60 Å². The summed E-state index contributed by atoms with van der Waals surface area (Å²) >= 11 is 0. The third-order valence-electron chi connectivity index (χ3n) is 2.33. The lowest BCUT2D eigenvalue weighted by atomic mass is 9.79. The van der Waals surface area contributed by atoms with Gasteiger partial charge in [0.2, 0.25) is 0 Å². The minimum absolute atomic E-state index is 0.430. The molecule has 0 aliphatic carbocycles. The minimum atomic E-state index is -1.47. The Hall–Kier alpha value is -1.53. The third kappa shape index (κ3) is 6.26. The highest BCUT2D eigenvalue weighted by Gasteiger charge is 2.15. The Bertz CT molecular complexity index is 429. The second kappa shape index (κ2) is 6.59. The standard InChI is InChI=1S/C13H20BNO4/c1-13(2,3)19-12(16)15-8-7-10-5-4-6-11(9-10)14(17)18/h4-6,9,17-18H,7-8H2,1-3H3,(H,15,16). The summed E-state index contributed by atoms with van der Waals surface area (Å²) in [4.78, 5) is 11.4. The molecule has 3 N–H and O–H groups in total. The summed E-state index contributed by atoms with van der Waals surface area (Å²) in [5.74, 6) is 0. The van der Waals surface area contributed by atoms with Crippen LogP contribution in [0.1, 0.15) is 26.3 Å². The summed E-state index contributed by atoms with van der Waals surface area (Å²) in [5, 5.41) is 20.8. The summed E-state index contributed by atoms with van der Waals surface area (Å²) in [7, 11) is -1.47. The molecule has 0 heterocycles. The maximum absolute atomic E-state index is 11.4. The predicted molar refractivity (Wildman–Crippen MR) is 74.2 cm³/mol. The van der Waals surface area contributed by atoms with Crippen LogP contribution >= 0.6 is 0 Å². The van der Waals surface area contributed by atoms with Crippen molar-refractivity contribution in [2.24, 2.45) is 0 Å². The average molecular weight is 265 g/mol. The van der Waals surface area contributed by atoms with Crippen molar-refractivity contribution in [2.75, 3.05) is 6.54 Å². The van der Waals surface area contributed by atoms with Gasteiger partial charge in [0.25, 0.3) is 0 Å². The molecule has 0 saturated carbocycles. The molecule has 104 valence electrons. The van der Waals surface area contributed by atoms with E-state index in [2.05, 4.69) is 5.32 Å². The largest absolute Gasteiger partial charge is 0.488 e. The van der Waals surface area contributed by atoms with Crippen molar-refractivity contribution >= 4 is 18.7 Å². The highest BCUT2D eigenvalue weighted by molar-refractivity contribution is 6.58. The van der Waals surface area contributed by atoms with Crippen LogP contribution in [0.4, 0.5) is 4.79 Å². The lowest BCUT2D eigenvalue weighted by Crippen LogP contribution is -2.34. The molecule has 0 aliphatic rings. The van der Waals surface area contributed by atoms with Crippen molar-refractivity contribution in [2.45, 2.75) is 32.8 Å². The van der Waals surface area contributed by atoms with Crippen LogP contribution in [0.25, 0.3) is 0 Å². The van der Waals surface area contributed by atoms with Gasteiger partial charge < -0.3 is 20.1 Å². The van der Waals surface area contributed by atoms with Gasteiger partial charge in [-0.25, -0.2) is 4.79 Å². The normalized spacial score (nSPS) is 11.0. The predicted octanol–water partition coefficient (Wildman–Crippen LogP) is 0.434. The number of hydrogen-bond acceptors (Lipinski definition) is 4. The molecule has 5 nitrogen and oxygen atoms in total. The highest BCUT2D eigenvalue weighted by Crippen LogP contribution is 2.06. The van der Waals surface area contributed by atoms with E-state index < -0.39 is 18.8 Å². The van der Waals surface area contributed by atoms with Gasteiger partial charge >= 0.3 is 13.2 Å². The molecule has 1 rings (SSSR count). The Morgan fingerprint density at radius 3 is 2.63 bits per heavy atom. The van der Waals surface area contributed by atoms with Crippen LogP contribution in [0.3, 0.4) is 0 Å². The Balaban J connectivity index is 2.41. The molecule has 1 aromatic carbocycles. The number of carbonyl (C=O) groups is 1. The molecule has 0 unspecified atom stereocenters. The number of nitrogens with one attached hydrogen (secondary N) is 1. The SMILES string of the molecule is CC(C)(C)OC(=O)NCCc1cccc(B(O)O)c1. The van der Waals surface area contributed by atoms with Gasteiger partial charge in [-0.15, -0.1) is 0 Å². The van der Waals surface area contributed by atoms with Crippen molar-refractivity contribution in [3.8, 4) is 0 Å². The third-order valence-corrected chi connectivity index (χ3v) is 2.33. The molecule has 0 radical (unpaired) electrons. The number of amides is 1. The van der Waals surface area contributed by atoms with Gasteiger partial charge in [0.05, 0.1) is 0 Å². The smallest absolute Gasteiger partial charge is 0.444 e. The molecular weight excluding hydrogens is 245 g/mol. The first-order chi connectivity index (χ1) is 8.78. The molecule has 0 bridgehead atoms. The van der Waals surface area contributed by atoms with E-state index in [1.54, 1.807) is 39.0 Å². The molecule has 6 heteroatoms. The fourth-order valence-electron chi connectivity index (χ4n) is 1.53. The Morgan fingerprint density at radius 2 is 2.05 bits per heavy atom. The van der Waals surface area contributed by atoms with E-state index in [4.69, 9.17) is 14.8 Å². The summed E-state index contributed by atoms with van der Waals surface area (Å²) in [6.45, 7) is 5.84. The maximum Gasteiger partial charge on any atom is 0.488 e. The fraction of sp³-hybridized carbons (Fsp3) is 0.462. The van der Waals surface area contributed by atoms with E-state index in [0.717, 1.165) is 5.56 Å². The van der Waals surface area contributed by atoms with E-state index in [1.165, 1.54) is 0 Å². The van der Waals surface area contributed by atoms with Gasteiger partial charge in [-0.1, -0.05) is 24.3 Å². The lowest BCUT2D eigenvalue weighted by Gasteiger charge is -2.19. The summed E-state index contributed by atoms with van der Waals surface area (Å²) in [6, 6.07) is 6.94. The fourth-order valence-corrected chi connectivity index (χ4v) is 1.53. The first-order valence-electron chi connectivity index (χ1n) is 6.20. The van der Waals surface area contributed by atoms with Crippen molar-refractivity contribution in [3.05, 3.63) is 29.8 Å². The first kappa shape index (κ1) is 15.5. The maximum atomic E-state index is 11.4. The summed E-state index contributed by atoms with van der Waals surface area (Å²) in [6.07, 6.45) is 0.144. The first-order valence-corrected chi connectivity index (χ1v) is 6.20. The molecule has 0 atom stereocenters. The minimum Gasteiger partial charge on any atom is -0.444 e. The molecule has 1 aromatic rings. The number of benzene rings is 1.